The summed E-state index contributed by atoms with van der Waals surface area (Å²) in [4.78, 5) is 69.3. The highest BCUT2D eigenvalue weighted by molar-refractivity contribution is 6.31. The summed E-state index contributed by atoms with van der Waals surface area (Å²) in [6.45, 7) is 13.4. The van der Waals surface area contributed by atoms with Gasteiger partial charge in [-0.3, -0.25) is 39.1 Å². The normalized spacial score (nSPS) is 22.6. The summed E-state index contributed by atoms with van der Waals surface area (Å²) >= 11 is 6.23. The van der Waals surface area contributed by atoms with Gasteiger partial charge >= 0.3 is 0 Å². The van der Waals surface area contributed by atoms with Crippen molar-refractivity contribution in [3.05, 3.63) is 87.9 Å². The molecule has 0 bridgehead atoms. The zero-order valence-electron chi connectivity index (χ0n) is 32.7. The van der Waals surface area contributed by atoms with Crippen molar-refractivity contribution in [3.8, 4) is 11.8 Å². The summed E-state index contributed by atoms with van der Waals surface area (Å²) in [5.74, 6) is -1.54. The fourth-order valence-corrected chi connectivity index (χ4v) is 9.34. The third kappa shape index (κ3) is 7.81. The van der Waals surface area contributed by atoms with Crippen molar-refractivity contribution in [1.82, 2.24) is 20.4 Å². The Labute approximate surface area is 337 Å². The van der Waals surface area contributed by atoms with E-state index in [1.165, 1.54) is 0 Å². The molecule has 1 unspecified atom stereocenters. The van der Waals surface area contributed by atoms with Crippen LogP contribution in [-0.4, -0.2) is 96.8 Å². The highest BCUT2D eigenvalue weighted by Crippen LogP contribution is 2.55. The maximum absolute atomic E-state index is 13.3. The Hall–Kier alpha value is -5.45. The number of piperazine rings is 1. The monoisotopic (exact) mass is 793 g/mol. The van der Waals surface area contributed by atoms with E-state index in [2.05, 4.69) is 59.5 Å². The molecule has 5 amide bonds. The number of carbonyl (C=O) groups excluding carboxylic acids is 5. The summed E-state index contributed by atoms with van der Waals surface area (Å²) in [6.07, 6.45) is 2.04. The average Bonchev–Trinajstić information content (AvgIpc) is 3.44. The van der Waals surface area contributed by atoms with E-state index in [1.807, 2.05) is 30.3 Å². The minimum Gasteiger partial charge on any atom is -0.489 e. The van der Waals surface area contributed by atoms with Gasteiger partial charge in [0.05, 0.1) is 21.7 Å². The second-order valence-electron chi connectivity index (χ2n) is 16.5. The van der Waals surface area contributed by atoms with E-state index < -0.39 is 29.7 Å². The molecule has 3 aliphatic heterocycles. The molecule has 0 aromatic heterocycles. The SMILES string of the molecule is CC1(C)C(NC(=O)c2ccc(NCCCCN3CCN(c4ccc5c(c4)C(=O)N(C4CCC(=O)NC4=O)C5=O)CC3)cc2)C(C)(C)C1Oc1ccc(C#N)c(Cl)c1. The van der Waals surface area contributed by atoms with E-state index in [-0.39, 0.29) is 47.3 Å². The number of benzene rings is 3. The van der Waals surface area contributed by atoms with Crippen LogP contribution in [0.3, 0.4) is 0 Å². The molecule has 13 nitrogen and oxygen atoms in total. The molecular formula is C43H48ClN7O6. The third-order valence-electron chi connectivity index (χ3n) is 12.0. The number of hydrogen-bond donors (Lipinski definition) is 3. The summed E-state index contributed by atoms with van der Waals surface area (Å²) in [5, 5.41) is 18.5. The molecule has 3 aromatic rings. The first-order valence-electron chi connectivity index (χ1n) is 19.5. The van der Waals surface area contributed by atoms with Crippen molar-refractivity contribution < 1.29 is 28.7 Å². The Morgan fingerprint density at radius 2 is 1.61 bits per heavy atom. The number of piperidine rings is 1. The number of nitrogens with zero attached hydrogens (tertiary/aromatic N) is 4. The van der Waals surface area contributed by atoms with E-state index in [9.17, 15) is 29.2 Å². The van der Waals surface area contributed by atoms with Crippen LogP contribution in [0.25, 0.3) is 0 Å². The van der Waals surface area contributed by atoms with Gasteiger partial charge in [-0.25, -0.2) is 0 Å². The maximum Gasteiger partial charge on any atom is 0.262 e. The number of rotatable bonds is 12. The molecule has 3 aromatic carbocycles. The minimum absolute atomic E-state index is 0.0876. The first-order valence-corrected chi connectivity index (χ1v) is 19.9. The first-order chi connectivity index (χ1) is 27.2. The Kier molecular flexibility index (Phi) is 11.0. The highest BCUT2D eigenvalue weighted by atomic mass is 35.5. The van der Waals surface area contributed by atoms with Crippen LogP contribution < -0.4 is 25.6 Å². The number of fused-ring (bicyclic) bond motifs is 1. The van der Waals surface area contributed by atoms with E-state index in [4.69, 9.17) is 16.3 Å². The Morgan fingerprint density at radius 3 is 2.28 bits per heavy atom. The predicted octanol–water partition coefficient (Wildman–Crippen LogP) is 5.24. The summed E-state index contributed by atoms with van der Waals surface area (Å²) in [7, 11) is 0. The van der Waals surface area contributed by atoms with Gasteiger partial charge in [-0.2, -0.15) is 5.26 Å². The number of hydrogen-bond acceptors (Lipinski definition) is 10. The lowest BCUT2D eigenvalue weighted by Crippen LogP contribution is -2.74. The molecule has 0 spiro atoms. The van der Waals surface area contributed by atoms with Crippen LogP contribution in [0, 0.1) is 22.2 Å². The molecule has 1 atom stereocenters. The molecule has 7 rings (SSSR count). The Bertz CT molecular complexity index is 2120. The molecule has 1 aliphatic carbocycles. The fraction of sp³-hybridized carbons (Fsp3) is 0.442. The molecular weight excluding hydrogens is 746 g/mol. The summed E-state index contributed by atoms with van der Waals surface area (Å²) in [6, 6.07) is 18.8. The van der Waals surface area contributed by atoms with Gasteiger partial charge in [0.2, 0.25) is 11.8 Å². The zero-order chi connectivity index (χ0) is 40.6. The molecule has 1 saturated carbocycles. The quantitative estimate of drug-likeness (QED) is 0.163. The van der Waals surface area contributed by atoms with Crippen molar-refractivity contribution in [2.75, 3.05) is 49.5 Å². The van der Waals surface area contributed by atoms with Crippen molar-refractivity contribution in [2.24, 2.45) is 10.8 Å². The number of halogens is 1. The van der Waals surface area contributed by atoms with Crippen molar-refractivity contribution in [3.63, 3.8) is 0 Å². The van der Waals surface area contributed by atoms with Crippen LogP contribution in [0.1, 0.15) is 90.0 Å². The van der Waals surface area contributed by atoms with Gasteiger partial charge in [0.1, 0.15) is 24.0 Å². The molecule has 3 fully saturated rings. The lowest BCUT2D eigenvalue weighted by molar-refractivity contribution is -0.164. The number of nitrogens with one attached hydrogen (secondary N) is 3. The second kappa shape index (κ2) is 15.8. The van der Waals surface area contributed by atoms with Gasteiger partial charge < -0.3 is 20.3 Å². The van der Waals surface area contributed by atoms with Gasteiger partial charge in [-0.15, -0.1) is 0 Å². The van der Waals surface area contributed by atoms with Crippen molar-refractivity contribution in [2.45, 2.75) is 71.6 Å². The number of unbranched alkanes of at least 4 members (excludes halogenated alkanes) is 1. The van der Waals surface area contributed by atoms with Gasteiger partial charge in [0.15, 0.2) is 0 Å². The number of nitriles is 1. The minimum atomic E-state index is -0.976. The molecule has 0 radical (unpaired) electrons. The number of amides is 5. The largest absolute Gasteiger partial charge is 0.489 e. The van der Waals surface area contributed by atoms with Crippen LogP contribution in [0.4, 0.5) is 11.4 Å². The van der Waals surface area contributed by atoms with Gasteiger partial charge in [-0.05, 0) is 80.4 Å². The van der Waals surface area contributed by atoms with Gasteiger partial charge in [0.25, 0.3) is 17.7 Å². The Balaban J connectivity index is 0.820. The van der Waals surface area contributed by atoms with Crippen molar-refractivity contribution in [1.29, 1.82) is 5.26 Å². The van der Waals surface area contributed by atoms with E-state index in [1.54, 1.807) is 30.3 Å². The number of carbonyl (C=O) groups is 5. The fourth-order valence-electron chi connectivity index (χ4n) is 9.13. The predicted molar refractivity (Wildman–Crippen MR) is 215 cm³/mol. The van der Waals surface area contributed by atoms with Crippen LogP contribution in [-0.2, 0) is 9.59 Å². The maximum atomic E-state index is 13.3. The standard InChI is InChI=1S/C43H48ClN7O6/c1-42(2)40(43(3,4)41(42)57-30-13-9-27(25-45)33(44)24-30)48-36(53)26-7-10-28(11-8-26)46-17-5-6-18-49-19-21-50(22-20-49)29-12-14-31-32(23-29)39(56)51(38(31)55)34-15-16-35(52)47-37(34)54/h7-14,23-24,34,40-41,46H,5-6,15-22H2,1-4H3,(H,48,53)(H,47,52,54). The summed E-state index contributed by atoms with van der Waals surface area (Å²) in [5.41, 5.74) is 2.68. The molecule has 14 heteroatoms. The first kappa shape index (κ1) is 39.8. The number of imide groups is 2. The lowest BCUT2D eigenvalue weighted by atomic mass is 9.49. The molecule has 298 valence electrons. The smallest absolute Gasteiger partial charge is 0.262 e. The van der Waals surface area contributed by atoms with Crippen LogP contribution >= 0.6 is 11.6 Å². The average molecular weight is 794 g/mol. The lowest BCUT2D eigenvalue weighted by Gasteiger charge is -2.63. The second-order valence-corrected chi connectivity index (χ2v) is 16.9. The number of anilines is 2. The van der Waals surface area contributed by atoms with Crippen LogP contribution in [0.15, 0.2) is 60.7 Å². The molecule has 4 aliphatic rings. The zero-order valence-corrected chi connectivity index (χ0v) is 33.4. The Morgan fingerprint density at radius 1 is 0.912 bits per heavy atom. The van der Waals surface area contributed by atoms with Crippen LogP contribution in [0.2, 0.25) is 5.02 Å². The number of ether oxygens (including phenoxy) is 1. The van der Waals surface area contributed by atoms with Gasteiger partial charge in [-0.1, -0.05) is 39.3 Å². The topological polar surface area (TPSA) is 164 Å². The van der Waals surface area contributed by atoms with Crippen molar-refractivity contribution >= 4 is 52.5 Å². The molecule has 3 N–H and O–H groups in total. The summed E-state index contributed by atoms with van der Waals surface area (Å²) < 4.78 is 6.35. The molecule has 57 heavy (non-hydrogen) atoms. The van der Waals surface area contributed by atoms with E-state index in [0.29, 0.717) is 27.5 Å². The molecule has 3 heterocycles. The molecule has 2 saturated heterocycles. The van der Waals surface area contributed by atoms with E-state index >= 15 is 0 Å². The van der Waals surface area contributed by atoms with Gasteiger partial charge in [0, 0.05) is 79.0 Å². The third-order valence-corrected chi connectivity index (χ3v) is 12.3. The highest BCUT2D eigenvalue weighted by Gasteiger charge is 2.64. The van der Waals surface area contributed by atoms with Crippen LogP contribution in [0.5, 0.6) is 5.75 Å². The van der Waals surface area contributed by atoms with E-state index in [0.717, 1.165) is 68.4 Å².